The quantitative estimate of drug-likeness (QED) is 0.684. The van der Waals surface area contributed by atoms with E-state index in [2.05, 4.69) is 21.2 Å². The van der Waals surface area contributed by atoms with Crippen LogP contribution in [-0.4, -0.2) is 61.0 Å². The van der Waals surface area contributed by atoms with Crippen molar-refractivity contribution in [3.63, 3.8) is 0 Å². The first-order chi connectivity index (χ1) is 8.78. The summed E-state index contributed by atoms with van der Waals surface area (Å²) in [6.45, 7) is 5.51. The molecule has 5 heteroatoms. The molecule has 1 saturated heterocycles. The molecule has 0 aromatic carbocycles. The fraction of sp³-hybridized carbons (Fsp3) is 0.846. The molecular formula is C13H22N4O. The summed E-state index contributed by atoms with van der Waals surface area (Å²) in [7, 11) is 0. The molecule has 1 aliphatic carbocycles. The molecule has 0 radical (unpaired) electrons. The molecule has 2 fully saturated rings. The van der Waals surface area contributed by atoms with Crippen LogP contribution < -0.4 is 5.32 Å². The van der Waals surface area contributed by atoms with Gasteiger partial charge < -0.3 is 10.2 Å². The smallest absolute Gasteiger partial charge is 0.234 e. The summed E-state index contributed by atoms with van der Waals surface area (Å²) in [6.07, 6.45) is 3.90. The third kappa shape index (κ3) is 4.63. The lowest BCUT2D eigenvalue weighted by Crippen LogP contribution is -2.49. The Morgan fingerprint density at radius 1 is 1.22 bits per heavy atom. The normalized spacial score (nSPS) is 21.5. The monoisotopic (exact) mass is 250 g/mol. The molecule has 2 aliphatic rings. The SMILES string of the molecule is N#CCCCN1CCN(CC(=O)NC2CC2)CC1. The number of carbonyl (C=O) groups is 1. The fourth-order valence-corrected chi connectivity index (χ4v) is 2.26. The molecule has 0 aromatic heterocycles. The van der Waals surface area contributed by atoms with Crippen molar-refractivity contribution in [3.8, 4) is 6.07 Å². The molecule has 0 atom stereocenters. The van der Waals surface area contributed by atoms with Crippen molar-refractivity contribution < 1.29 is 4.79 Å². The molecule has 0 bridgehead atoms. The van der Waals surface area contributed by atoms with Crippen LogP contribution in [0.2, 0.25) is 0 Å². The van der Waals surface area contributed by atoms with Gasteiger partial charge in [0, 0.05) is 38.6 Å². The lowest BCUT2D eigenvalue weighted by atomic mass is 10.2. The molecule has 1 amide bonds. The van der Waals surface area contributed by atoms with E-state index >= 15 is 0 Å². The van der Waals surface area contributed by atoms with Gasteiger partial charge in [0.05, 0.1) is 12.6 Å². The molecular weight excluding hydrogens is 228 g/mol. The highest BCUT2D eigenvalue weighted by Gasteiger charge is 2.25. The second-order valence-corrected chi connectivity index (χ2v) is 5.22. The number of hydrogen-bond acceptors (Lipinski definition) is 4. The lowest BCUT2D eigenvalue weighted by Gasteiger charge is -2.34. The van der Waals surface area contributed by atoms with E-state index in [4.69, 9.17) is 5.26 Å². The number of nitriles is 1. The van der Waals surface area contributed by atoms with Gasteiger partial charge in [0.1, 0.15) is 0 Å². The number of unbranched alkanes of at least 4 members (excludes halogenated alkanes) is 1. The zero-order valence-corrected chi connectivity index (χ0v) is 10.9. The van der Waals surface area contributed by atoms with Crippen LogP contribution in [0, 0.1) is 11.3 Å². The molecule has 1 N–H and O–H groups in total. The molecule has 5 nitrogen and oxygen atoms in total. The maximum absolute atomic E-state index is 11.7. The summed E-state index contributed by atoms with van der Waals surface area (Å²) in [5.74, 6) is 0.176. The van der Waals surface area contributed by atoms with E-state index in [0.29, 0.717) is 19.0 Å². The average molecular weight is 250 g/mol. The van der Waals surface area contributed by atoms with Crippen molar-refractivity contribution in [2.75, 3.05) is 39.3 Å². The van der Waals surface area contributed by atoms with E-state index in [1.807, 2.05) is 0 Å². The van der Waals surface area contributed by atoms with E-state index in [1.54, 1.807) is 0 Å². The fourth-order valence-electron chi connectivity index (χ4n) is 2.26. The van der Waals surface area contributed by atoms with Gasteiger partial charge >= 0.3 is 0 Å². The van der Waals surface area contributed by atoms with Crippen molar-refractivity contribution in [1.29, 1.82) is 5.26 Å². The van der Waals surface area contributed by atoms with Crippen LogP contribution in [0.4, 0.5) is 0 Å². The zero-order valence-electron chi connectivity index (χ0n) is 10.9. The second-order valence-electron chi connectivity index (χ2n) is 5.22. The topological polar surface area (TPSA) is 59.4 Å². The number of hydrogen-bond donors (Lipinski definition) is 1. The summed E-state index contributed by atoms with van der Waals surface area (Å²) >= 11 is 0. The van der Waals surface area contributed by atoms with Crippen LogP contribution in [0.1, 0.15) is 25.7 Å². The molecule has 1 saturated carbocycles. The number of piperazine rings is 1. The van der Waals surface area contributed by atoms with Crippen molar-refractivity contribution in [1.82, 2.24) is 15.1 Å². The van der Waals surface area contributed by atoms with Gasteiger partial charge in [0.2, 0.25) is 5.91 Å². The Hall–Kier alpha value is -1.12. The van der Waals surface area contributed by atoms with Crippen molar-refractivity contribution in [2.45, 2.75) is 31.7 Å². The van der Waals surface area contributed by atoms with Gasteiger partial charge in [-0.1, -0.05) is 0 Å². The molecule has 18 heavy (non-hydrogen) atoms. The van der Waals surface area contributed by atoms with Crippen LogP contribution in [0.5, 0.6) is 0 Å². The zero-order chi connectivity index (χ0) is 12.8. The number of carbonyl (C=O) groups excluding carboxylic acids is 1. The largest absolute Gasteiger partial charge is 0.352 e. The standard InChI is InChI=1S/C13H22N4O/c14-5-1-2-6-16-7-9-17(10-8-16)11-13(18)15-12-3-4-12/h12H,1-4,6-11H2,(H,15,18). The van der Waals surface area contributed by atoms with Gasteiger partial charge in [0.15, 0.2) is 0 Å². The molecule has 2 rings (SSSR count). The Balaban J connectivity index is 1.57. The minimum Gasteiger partial charge on any atom is -0.352 e. The minimum atomic E-state index is 0.176. The Morgan fingerprint density at radius 2 is 1.89 bits per heavy atom. The first-order valence-corrected chi connectivity index (χ1v) is 6.89. The van der Waals surface area contributed by atoms with Crippen molar-refractivity contribution in [2.24, 2.45) is 0 Å². The number of nitrogens with zero attached hydrogens (tertiary/aromatic N) is 3. The highest BCUT2D eigenvalue weighted by Crippen LogP contribution is 2.18. The van der Waals surface area contributed by atoms with Gasteiger partial charge in [-0.05, 0) is 25.8 Å². The van der Waals surface area contributed by atoms with E-state index in [-0.39, 0.29) is 5.91 Å². The van der Waals surface area contributed by atoms with Gasteiger partial charge in [0.25, 0.3) is 0 Å². The third-order valence-corrected chi connectivity index (χ3v) is 3.54. The van der Waals surface area contributed by atoms with Crippen LogP contribution in [0.3, 0.4) is 0 Å². The van der Waals surface area contributed by atoms with Crippen LogP contribution in [0.25, 0.3) is 0 Å². The Bertz CT molecular complexity index is 313. The van der Waals surface area contributed by atoms with Gasteiger partial charge in [-0.25, -0.2) is 0 Å². The van der Waals surface area contributed by atoms with Crippen LogP contribution in [-0.2, 0) is 4.79 Å². The van der Waals surface area contributed by atoms with Crippen molar-refractivity contribution in [3.05, 3.63) is 0 Å². The van der Waals surface area contributed by atoms with Gasteiger partial charge in [-0.3, -0.25) is 9.69 Å². The van der Waals surface area contributed by atoms with Crippen LogP contribution in [0.15, 0.2) is 0 Å². The summed E-state index contributed by atoms with van der Waals surface area (Å²) in [5.41, 5.74) is 0. The van der Waals surface area contributed by atoms with Gasteiger partial charge in [-0.15, -0.1) is 0 Å². The van der Waals surface area contributed by atoms with E-state index in [1.165, 1.54) is 0 Å². The third-order valence-electron chi connectivity index (χ3n) is 3.54. The predicted molar refractivity (Wildman–Crippen MR) is 68.9 cm³/mol. The van der Waals surface area contributed by atoms with Crippen LogP contribution >= 0.6 is 0 Å². The summed E-state index contributed by atoms with van der Waals surface area (Å²) < 4.78 is 0. The van der Waals surface area contributed by atoms with Gasteiger partial charge in [-0.2, -0.15) is 5.26 Å². The lowest BCUT2D eigenvalue weighted by molar-refractivity contribution is -0.122. The first kappa shape index (κ1) is 13.3. The average Bonchev–Trinajstić information content (AvgIpc) is 3.15. The van der Waals surface area contributed by atoms with Crippen molar-refractivity contribution >= 4 is 5.91 Å². The summed E-state index contributed by atoms with van der Waals surface area (Å²) in [6, 6.07) is 2.64. The highest BCUT2D eigenvalue weighted by molar-refractivity contribution is 5.78. The molecule has 0 spiro atoms. The maximum atomic E-state index is 11.7. The maximum Gasteiger partial charge on any atom is 0.234 e. The molecule has 1 heterocycles. The Kier molecular flexibility index (Phi) is 4.97. The highest BCUT2D eigenvalue weighted by atomic mass is 16.2. The molecule has 1 aliphatic heterocycles. The van der Waals surface area contributed by atoms with E-state index in [0.717, 1.165) is 52.0 Å². The Labute approximate surface area is 109 Å². The molecule has 0 aromatic rings. The number of amides is 1. The first-order valence-electron chi connectivity index (χ1n) is 6.89. The second kappa shape index (κ2) is 6.72. The number of nitrogens with one attached hydrogen (secondary N) is 1. The van der Waals surface area contributed by atoms with E-state index in [9.17, 15) is 4.79 Å². The predicted octanol–water partition coefficient (Wildman–Crippen LogP) is 0.186. The van der Waals surface area contributed by atoms with E-state index < -0.39 is 0 Å². The summed E-state index contributed by atoms with van der Waals surface area (Å²) in [4.78, 5) is 16.3. The molecule has 100 valence electrons. The molecule has 0 unspecified atom stereocenters. The minimum absolute atomic E-state index is 0.176. The Morgan fingerprint density at radius 3 is 2.50 bits per heavy atom. The summed E-state index contributed by atoms with van der Waals surface area (Å²) in [5, 5.41) is 11.5. The number of rotatable bonds is 6.